The molecule has 5 heteroatoms. The van der Waals surface area contributed by atoms with Crippen molar-refractivity contribution in [3.05, 3.63) is 10.4 Å². The number of rotatable bonds is 2. The molecule has 0 saturated carbocycles. The van der Waals surface area contributed by atoms with Crippen LogP contribution in [-0.2, 0) is 0 Å². The summed E-state index contributed by atoms with van der Waals surface area (Å²) in [6, 6.07) is 0. The molecule has 3 nitrogen and oxygen atoms in total. The van der Waals surface area contributed by atoms with Crippen LogP contribution in [0.15, 0.2) is 0 Å². The van der Waals surface area contributed by atoms with Crippen molar-refractivity contribution in [1.29, 1.82) is 0 Å². The van der Waals surface area contributed by atoms with Gasteiger partial charge in [0.25, 0.3) is 5.88 Å². The first-order chi connectivity index (χ1) is 5.09. The Bertz CT molecular complexity index is 247. The van der Waals surface area contributed by atoms with E-state index in [2.05, 4.69) is 9.97 Å². The van der Waals surface area contributed by atoms with Crippen LogP contribution in [0.1, 0.15) is 13.8 Å². The summed E-state index contributed by atoms with van der Waals surface area (Å²) in [4.78, 5) is 6.41. The van der Waals surface area contributed by atoms with Gasteiger partial charge in [0.15, 0.2) is 5.15 Å². The highest BCUT2D eigenvalue weighted by Crippen LogP contribution is 2.23. The zero-order valence-electron chi connectivity index (χ0n) is 6.19. The van der Waals surface area contributed by atoms with Crippen molar-refractivity contribution in [3.63, 3.8) is 0 Å². The third-order valence-electron chi connectivity index (χ3n) is 0.948. The standard InChI is InChI=1S/C6H8Cl2N2O/c1-3(2)11-5-4(7)9-6(8)10-5/h3H,1-2H3,(H,9,10). The van der Waals surface area contributed by atoms with Crippen molar-refractivity contribution in [3.8, 4) is 5.88 Å². The van der Waals surface area contributed by atoms with Gasteiger partial charge in [0.05, 0.1) is 6.10 Å². The summed E-state index contributed by atoms with van der Waals surface area (Å²) >= 11 is 11.2. The van der Waals surface area contributed by atoms with Crippen molar-refractivity contribution in [2.24, 2.45) is 0 Å². The number of H-pyrrole nitrogens is 1. The van der Waals surface area contributed by atoms with Gasteiger partial charge >= 0.3 is 0 Å². The maximum Gasteiger partial charge on any atom is 0.253 e. The normalized spacial score (nSPS) is 10.6. The van der Waals surface area contributed by atoms with Crippen LogP contribution in [0.25, 0.3) is 0 Å². The Kier molecular flexibility index (Phi) is 2.62. The number of hydrogen-bond donors (Lipinski definition) is 1. The van der Waals surface area contributed by atoms with Crippen LogP contribution in [0, 0.1) is 0 Å². The van der Waals surface area contributed by atoms with E-state index < -0.39 is 0 Å². The Balaban J connectivity index is 2.77. The predicted octanol–water partition coefficient (Wildman–Crippen LogP) is 2.50. The van der Waals surface area contributed by atoms with Crippen molar-refractivity contribution in [2.75, 3.05) is 0 Å². The van der Waals surface area contributed by atoms with E-state index in [1.807, 2.05) is 13.8 Å². The highest BCUT2D eigenvalue weighted by atomic mass is 35.5. The molecule has 11 heavy (non-hydrogen) atoms. The van der Waals surface area contributed by atoms with Crippen LogP contribution in [-0.4, -0.2) is 16.1 Å². The molecule has 1 rings (SSSR count). The largest absolute Gasteiger partial charge is 0.473 e. The third kappa shape index (κ3) is 2.27. The zero-order chi connectivity index (χ0) is 8.43. The van der Waals surface area contributed by atoms with E-state index >= 15 is 0 Å². The lowest BCUT2D eigenvalue weighted by Gasteiger charge is -2.04. The molecule has 1 aromatic heterocycles. The SMILES string of the molecule is CC(C)Oc1nc(Cl)[nH]c1Cl. The summed E-state index contributed by atoms with van der Waals surface area (Å²) in [5, 5.41) is 0.578. The van der Waals surface area contributed by atoms with Crippen LogP contribution in [0.3, 0.4) is 0 Å². The molecule has 0 fully saturated rings. The monoisotopic (exact) mass is 194 g/mol. The molecular weight excluding hydrogens is 187 g/mol. The van der Waals surface area contributed by atoms with Crippen LogP contribution in [0.5, 0.6) is 5.88 Å². The number of nitrogens with zero attached hydrogens (tertiary/aromatic N) is 1. The van der Waals surface area contributed by atoms with Gasteiger partial charge in [-0.2, -0.15) is 4.98 Å². The molecule has 0 aromatic carbocycles. The van der Waals surface area contributed by atoms with E-state index in [1.165, 1.54) is 0 Å². The molecule has 1 heterocycles. The maximum absolute atomic E-state index is 5.66. The van der Waals surface area contributed by atoms with Crippen molar-refractivity contribution in [1.82, 2.24) is 9.97 Å². The number of imidazole rings is 1. The third-order valence-corrected chi connectivity index (χ3v) is 1.38. The Hall–Kier alpha value is -0.410. The molecule has 1 aromatic rings. The fourth-order valence-electron chi connectivity index (χ4n) is 0.612. The van der Waals surface area contributed by atoms with Crippen LogP contribution >= 0.6 is 23.2 Å². The number of aromatic amines is 1. The van der Waals surface area contributed by atoms with Crippen LogP contribution < -0.4 is 4.74 Å². The molecule has 0 aliphatic carbocycles. The minimum Gasteiger partial charge on any atom is -0.473 e. The van der Waals surface area contributed by atoms with Crippen molar-refractivity contribution >= 4 is 23.2 Å². The Morgan fingerprint density at radius 2 is 2.09 bits per heavy atom. The second kappa shape index (κ2) is 3.32. The number of nitrogens with one attached hydrogen (secondary N) is 1. The first kappa shape index (κ1) is 8.68. The number of ether oxygens (including phenoxy) is 1. The van der Waals surface area contributed by atoms with Crippen molar-refractivity contribution in [2.45, 2.75) is 20.0 Å². The summed E-state index contributed by atoms with van der Waals surface area (Å²) in [7, 11) is 0. The van der Waals surface area contributed by atoms with Gasteiger partial charge in [-0.05, 0) is 25.4 Å². The Morgan fingerprint density at radius 1 is 1.45 bits per heavy atom. The van der Waals surface area contributed by atoms with E-state index in [0.717, 1.165) is 0 Å². The highest BCUT2D eigenvalue weighted by molar-refractivity contribution is 6.33. The Morgan fingerprint density at radius 3 is 2.45 bits per heavy atom. The van der Waals surface area contributed by atoms with E-state index in [0.29, 0.717) is 11.0 Å². The second-order valence-electron chi connectivity index (χ2n) is 2.31. The average Bonchev–Trinajstić information content (AvgIpc) is 2.09. The lowest BCUT2D eigenvalue weighted by Crippen LogP contribution is -2.05. The average molecular weight is 195 g/mol. The number of halogens is 2. The lowest BCUT2D eigenvalue weighted by atomic mass is 10.5. The van der Waals surface area contributed by atoms with Gasteiger partial charge in [-0.3, -0.25) is 0 Å². The van der Waals surface area contributed by atoms with Gasteiger partial charge < -0.3 is 9.72 Å². The quantitative estimate of drug-likeness (QED) is 0.787. The Labute approximate surface area is 74.7 Å². The van der Waals surface area contributed by atoms with Gasteiger partial charge in [-0.1, -0.05) is 11.6 Å². The molecule has 0 saturated heterocycles. The van der Waals surface area contributed by atoms with E-state index in [1.54, 1.807) is 0 Å². The molecule has 0 aliphatic rings. The molecule has 0 radical (unpaired) electrons. The first-order valence-corrected chi connectivity index (χ1v) is 3.93. The van der Waals surface area contributed by atoms with E-state index in [4.69, 9.17) is 27.9 Å². The fraction of sp³-hybridized carbons (Fsp3) is 0.500. The summed E-state index contributed by atoms with van der Waals surface area (Å²) in [6.07, 6.45) is 0.0480. The first-order valence-electron chi connectivity index (χ1n) is 3.17. The molecule has 1 N–H and O–H groups in total. The molecule has 0 bridgehead atoms. The maximum atomic E-state index is 5.66. The number of hydrogen-bond acceptors (Lipinski definition) is 2. The topological polar surface area (TPSA) is 37.9 Å². The predicted molar refractivity (Wildman–Crippen MR) is 44.4 cm³/mol. The van der Waals surface area contributed by atoms with Gasteiger partial charge in [0, 0.05) is 0 Å². The van der Waals surface area contributed by atoms with Gasteiger partial charge in [-0.15, -0.1) is 0 Å². The minimum atomic E-state index is 0.0480. The van der Waals surface area contributed by atoms with Crippen LogP contribution in [0.2, 0.25) is 10.4 Å². The number of aromatic nitrogens is 2. The zero-order valence-corrected chi connectivity index (χ0v) is 7.70. The van der Waals surface area contributed by atoms with Crippen LogP contribution in [0.4, 0.5) is 0 Å². The molecule has 0 spiro atoms. The van der Waals surface area contributed by atoms with Gasteiger partial charge in [-0.25, -0.2) is 0 Å². The fourth-order valence-corrected chi connectivity index (χ4v) is 1.01. The summed E-state index contributed by atoms with van der Waals surface area (Å²) < 4.78 is 5.21. The molecular formula is C6H8Cl2N2O. The van der Waals surface area contributed by atoms with Gasteiger partial charge in [0.1, 0.15) is 0 Å². The molecule has 62 valence electrons. The van der Waals surface area contributed by atoms with Crippen molar-refractivity contribution < 1.29 is 4.74 Å². The molecule has 0 amide bonds. The summed E-state index contributed by atoms with van der Waals surface area (Å²) in [5.41, 5.74) is 0. The summed E-state index contributed by atoms with van der Waals surface area (Å²) in [5.74, 6) is 0.353. The second-order valence-corrected chi connectivity index (χ2v) is 3.05. The molecule has 0 aliphatic heterocycles. The summed E-state index contributed by atoms with van der Waals surface area (Å²) in [6.45, 7) is 3.78. The highest BCUT2D eigenvalue weighted by Gasteiger charge is 2.08. The smallest absolute Gasteiger partial charge is 0.253 e. The van der Waals surface area contributed by atoms with E-state index in [-0.39, 0.29) is 11.4 Å². The minimum absolute atomic E-state index is 0.0480. The molecule has 0 atom stereocenters. The van der Waals surface area contributed by atoms with E-state index in [9.17, 15) is 0 Å². The van der Waals surface area contributed by atoms with Gasteiger partial charge in [0.2, 0.25) is 5.28 Å². The molecule has 0 unspecified atom stereocenters. The lowest BCUT2D eigenvalue weighted by molar-refractivity contribution is 0.234.